The highest BCUT2D eigenvalue weighted by molar-refractivity contribution is 5.89. The molecule has 0 aliphatic heterocycles. The van der Waals surface area contributed by atoms with Gasteiger partial charge in [0.1, 0.15) is 0 Å². The van der Waals surface area contributed by atoms with Crippen molar-refractivity contribution in [3.8, 4) is 0 Å². The van der Waals surface area contributed by atoms with Crippen LogP contribution in [0.2, 0.25) is 0 Å². The largest absolute Gasteiger partial charge is 0.256 e. The van der Waals surface area contributed by atoms with Crippen LogP contribution in [0.25, 0.3) is 87.2 Å². The molecule has 16 rings (SSSR count). The van der Waals surface area contributed by atoms with Gasteiger partial charge in [0.2, 0.25) is 0 Å². The number of aromatic nitrogens is 8. The molecule has 8 heteroatoms. The highest BCUT2D eigenvalue weighted by Crippen LogP contribution is 2.28. The minimum absolute atomic E-state index is 1.08. The van der Waals surface area contributed by atoms with Gasteiger partial charge in [-0.15, -0.1) is 0 Å². The van der Waals surface area contributed by atoms with E-state index in [4.69, 9.17) is 0 Å². The first kappa shape index (κ1) is 77.2. The Morgan fingerprint density at radius 3 is 1.29 bits per heavy atom. The van der Waals surface area contributed by atoms with E-state index in [1.807, 2.05) is 68.5 Å². The summed E-state index contributed by atoms with van der Waals surface area (Å²) in [5.41, 5.74) is 40.2. The molecule has 0 spiro atoms. The van der Waals surface area contributed by atoms with Gasteiger partial charge in [-0.3, -0.25) is 39.9 Å². The van der Waals surface area contributed by atoms with Gasteiger partial charge >= 0.3 is 0 Å². The summed E-state index contributed by atoms with van der Waals surface area (Å²) in [7, 11) is 0. The van der Waals surface area contributed by atoms with Crippen molar-refractivity contribution in [3.05, 3.63) is 329 Å². The van der Waals surface area contributed by atoms with Gasteiger partial charge < -0.3 is 0 Å². The lowest BCUT2D eigenvalue weighted by atomic mass is 10.00. The van der Waals surface area contributed by atoms with Crippen molar-refractivity contribution in [2.24, 2.45) is 0 Å². The van der Waals surface area contributed by atoms with Crippen molar-refractivity contribution in [2.45, 2.75) is 166 Å². The summed E-state index contributed by atoms with van der Waals surface area (Å²) in [5.74, 6) is 0. The summed E-state index contributed by atoms with van der Waals surface area (Å²) in [5, 5.41) is 10.0. The zero-order valence-corrected chi connectivity index (χ0v) is 66.1. The zero-order valence-electron chi connectivity index (χ0n) is 66.1. The molecule has 104 heavy (non-hydrogen) atoms. The van der Waals surface area contributed by atoms with Gasteiger partial charge in [-0.25, -0.2) is 0 Å². The molecule has 8 aromatic carbocycles. The van der Waals surface area contributed by atoms with E-state index in [2.05, 4.69) is 333 Å². The number of fused-ring (bicyclic) bond motifs is 8. The van der Waals surface area contributed by atoms with Crippen LogP contribution < -0.4 is 0 Å². The lowest BCUT2D eigenvalue weighted by molar-refractivity contribution is 1.23. The molecule has 8 nitrogen and oxygen atoms in total. The summed E-state index contributed by atoms with van der Waals surface area (Å²) in [6, 6.07) is 53.1. The van der Waals surface area contributed by atoms with Gasteiger partial charge in [0, 0.05) is 92.2 Å². The predicted molar refractivity (Wildman–Crippen MR) is 448 cm³/mol. The van der Waals surface area contributed by atoms with Crippen LogP contribution in [0.5, 0.6) is 0 Å². The molecule has 0 radical (unpaired) electrons. The number of rotatable bonds is 0. The van der Waals surface area contributed by atoms with Crippen molar-refractivity contribution in [1.29, 1.82) is 0 Å². The average Bonchev–Trinajstić information content (AvgIpc) is 0.798. The Morgan fingerprint density at radius 1 is 0.192 bits per heavy atom. The molecular weight excluding hydrogens is 1270 g/mol. The molecule has 0 unspecified atom stereocenters. The number of nitrogens with zero attached hydrogens (tertiary/aromatic N) is 8. The van der Waals surface area contributed by atoms with Gasteiger partial charge in [-0.1, -0.05) is 66.7 Å². The van der Waals surface area contributed by atoms with Crippen molar-refractivity contribution >= 4 is 87.2 Å². The minimum Gasteiger partial charge on any atom is -0.256 e. The van der Waals surface area contributed by atoms with Gasteiger partial charge in [-0.2, -0.15) is 0 Å². The minimum atomic E-state index is 1.08. The summed E-state index contributed by atoms with van der Waals surface area (Å²) in [6.07, 6.45) is 13.1. The molecule has 8 heterocycles. The average molecular weight is 1370 g/mol. The second kappa shape index (κ2) is 34.3. The highest BCUT2D eigenvalue weighted by Gasteiger charge is 2.09. The van der Waals surface area contributed by atoms with Crippen molar-refractivity contribution in [1.82, 2.24) is 39.9 Å². The molecule has 0 saturated carbocycles. The molecule has 8 aromatic heterocycles. The Kier molecular flexibility index (Phi) is 25.5. The van der Waals surface area contributed by atoms with E-state index < -0.39 is 0 Å². The van der Waals surface area contributed by atoms with E-state index in [1.165, 1.54) is 171 Å². The van der Waals surface area contributed by atoms with Gasteiger partial charge in [0.15, 0.2) is 0 Å². The Labute approximate surface area is 618 Å². The van der Waals surface area contributed by atoms with E-state index in [9.17, 15) is 0 Å². The van der Waals surface area contributed by atoms with Crippen molar-refractivity contribution < 1.29 is 0 Å². The molecule has 0 fully saturated rings. The van der Waals surface area contributed by atoms with Gasteiger partial charge in [0.25, 0.3) is 0 Å². The first-order valence-corrected chi connectivity index (χ1v) is 36.1. The summed E-state index contributed by atoms with van der Waals surface area (Å²) in [4.78, 5) is 35.2. The fourth-order valence-electron chi connectivity index (χ4n) is 12.8. The maximum Gasteiger partial charge on any atom is 0.0736 e. The summed E-state index contributed by atoms with van der Waals surface area (Å²) in [6.45, 7) is 51.0. The topological polar surface area (TPSA) is 103 Å². The third-order valence-electron chi connectivity index (χ3n) is 20.8. The smallest absolute Gasteiger partial charge is 0.0736 e. The van der Waals surface area contributed by atoms with Crippen molar-refractivity contribution in [3.63, 3.8) is 0 Å². The highest BCUT2D eigenvalue weighted by atomic mass is 14.7. The summed E-state index contributed by atoms with van der Waals surface area (Å²) >= 11 is 0. The number of aryl methyl sites for hydroxylation is 22. The first-order chi connectivity index (χ1) is 49.5. The van der Waals surface area contributed by atoms with Crippen LogP contribution in [0.15, 0.2) is 195 Å². The van der Waals surface area contributed by atoms with Crippen LogP contribution in [0, 0.1) is 166 Å². The van der Waals surface area contributed by atoms with Gasteiger partial charge in [0.05, 0.1) is 44.1 Å². The van der Waals surface area contributed by atoms with Crippen LogP contribution in [-0.2, 0) is 0 Å². The van der Waals surface area contributed by atoms with Crippen LogP contribution in [0.3, 0.4) is 0 Å². The van der Waals surface area contributed by atoms with E-state index in [0.717, 1.165) is 49.8 Å². The van der Waals surface area contributed by atoms with Crippen LogP contribution >= 0.6 is 0 Å². The van der Waals surface area contributed by atoms with Crippen LogP contribution in [-0.4, -0.2) is 39.9 Å². The second-order valence-corrected chi connectivity index (χ2v) is 28.4. The SMILES string of the molecule is Cc1cc(C)c2cccnc2c1C.Cc1cc2cccnc2c(C)c1C.Cc1cc2nccc(C)c2cc1C.Cc1cc2ncccc2c(C)c1C.Cc1ccc2c(C)ccnc2c1C.Cc1ccc2ccc(C)c(C)c2n1.Cc1cnc2c(C)c(C)ccc2c1.Cc1cnc2cc(C)c(C)cc2c1. The Bertz CT molecular complexity index is 5610. The number of benzene rings is 8. The Balaban J connectivity index is 0.000000138. The number of hydrogen-bond donors (Lipinski definition) is 0. The van der Waals surface area contributed by atoms with E-state index in [0.29, 0.717) is 0 Å². The van der Waals surface area contributed by atoms with Crippen LogP contribution in [0.4, 0.5) is 0 Å². The lowest BCUT2D eigenvalue weighted by Crippen LogP contribution is -1.90. The van der Waals surface area contributed by atoms with Crippen LogP contribution in [0.1, 0.15) is 134 Å². The molecule has 0 bridgehead atoms. The normalized spacial score (nSPS) is 10.7. The third kappa shape index (κ3) is 18.4. The standard InChI is InChI=1S/8C12H13N/c1-8-4-11-5-9(2)10(3)6-12(11)13-7-8;1-8-4-6-11-7-5-9(2)13-12(11)10(8)3;1-8-6-11-5-4-9(2)10(3)12(11)13-7-8;1-8-4-5-13-12-7-10(3)9(2)6-11(8)12;1-8-4-5-11-9(2)6-7-13-12(11)10(8)3;1-8-7-12-11(5-4-6-13-12)10(3)9(8)2;1-8-7-11-5-4-6-13-12(11)10(3)9(8)2;1-8-7-9(2)11-5-4-6-13-12(11)10(8)3/h8*4-7H,1-3H3. The van der Waals surface area contributed by atoms with Crippen molar-refractivity contribution in [2.75, 3.05) is 0 Å². The maximum absolute atomic E-state index is 4.54. The van der Waals surface area contributed by atoms with Gasteiger partial charge in [-0.05, 0) is 379 Å². The Morgan fingerprint density at radius 2 is 0.606 bits per heavy atom. The number of hydrogen-bond acceptors (Lipinski definition) is 8. The molecule has 528 valence electrons. The monoisotopic (exact) mass is 1370 g/mol. The first-order valence-electron chi connectivity index (χ1n) is 36.1. The van der Waals surface area contributed by atoms with E-state index in [-0.39, 0.29) is 0 Å². The lowest BCUT2D eigenvalue weighted by Gasteiger charge is -2.07. The molecule has 0 N–H and O–H groups in total. The molecule has 0 saturated heterocycles. The molecule has 0 aliphatic carbocycles. The fourth-order valence-corrected chi connectivity index (χ4v) is 12.8. The molecule has 0 atom stereocenters. The second-order valence-electron chi connectivity index (χ2n) is 28.4. The quantitative estimate of drug-likeness (QED) is 0.148. The molecular formula is C96H104N8. The maximum atomic E-state index is 4.54. The molecule has 16 aromatic rings. The van der Waals surface area contributed by atoms with E-state index >= 15 is 0 Å². The summed E-state index contributed by atoms with van der Waals surface area (Å²) < 4.78 is 0. The van der Waals surface area contributed by atoms with E-state index in [1.54, 1.807) is 0 Å². The fraction of sp³-hybridized carbons (Fsp3) is 0.250. The number of pyridine rings is 8. The molecule has 0 aliphatic rings. The third-order valence-corrected chi connectivity index (χ3v) is 20.8. The zero-order chi connectivity index (χ0) is 75.4. The molecule has 0 amide bonds. The Hall–Kier alpha value is -11.0. The predicted octanol–water partition coefficient (Wildman–Crippen LogP) is 25.3.